The summed E-state index contributed by atoms with van der Waals surface area (Å²) in [4.78, 5) is 20.1. The maximum absolute atomic E-state index is 10.0. The normalized spacial score (nSPS) is 20.8. The van der Waals surface area contributed by atoms with Crippen molar-refractivity contribution in [2.24, 2.45) is 5.73 Å². The van der Waals surface area contributed by atoms with Crippen molar-refractivity contribution < 1.29 is 19.1 Å². The quantitative estimate of drug-likeness (QED) is 0.496. The summed E-state index contributed by atoms with van der Waals surface area (Å²) in [5.41, 5.74) is 6.36. The van der Waals surface area contributed by atoms with Gasteiger partial charge in [0.05, 0.1) is 14.2 Å². The van der Waals surface area contributed by atoms with Gasteiger partial charge in [0.15, 0.2) is 0 Å². The Morgan fingerprint density at radius 2 is 1.32 bits per heavy atom. The molecule has 1 fully saturated rings. The molecule has 3 N–H and O–H groups in total. The van der Waals surface area contributed by atoms with Gasteiger partial charge in [0.25, 0.3) is 0 Å². The molecule has 0 aromatic heterocycles. The van der Waals surface area contributed by atoms with Crippen molar-refractivity contribution in [3.05, 3.63) is 0 Å². The fourth-order valence-electron chi connectivity index (χ4n) is 2.57. The molecule has 0 aromatic carbocycles. The summed E-state index contributed by atoms with van der Waals surface area (Å²) in [6, 6.07) is 0.362. The second-order valence-electron chi connectivity index (χ2n) is 6.04. The molecule has 6 nitrogen and oxygen atoms in total. The Balaban J connectivity index is 0.000000362. The van der Waals surface area contributed by atoms with Crippen molar-refractivity contribution in [1.82, 2.24) is 5.32 Å². The average Bonchev–Trinajstić information content (AvgIpc) is 2.22. The van der Waals surface area contributed by atoms with Crippen LogP contribution in [-0.2, 0) is 19.1 Å². The van der Waals surface area contributed by atoms with Crippen LogP contribution in [0.25, 0.3) is 0 Å². The van der Waals surface area contributed by atoms with Crippen molar-refractivity contribution in [3.8, 4) is 0 Å². The molecule has 19 heavy (non-hydrogen) atoms. The van der Waals surface area contributed by atoms with Gasteiger partial charge in [-0.1, -0.05) is 0 Å². The van der Waals surface area contributed by atoms with E-state index in [-0.39, 0.29) is 11.1 Å². The molecule has 1 heterocycles. The third kappa shape index (κ3) is 7.12. The van der Waals surface area contributed by atoms with Gasteiger partial charge in [-0.25, -0.2) is 9.59 Å². The van der Waals surface area contributed by atoms with Crippen molar-refractivity contribution in [3.63, 3.8) is 0 Å². The predicted octanol–water partition coefficient (Wildman–Crippen LogP) is 0.587. The highest BCUT2D eigenvalue weighted by Crippen LogP contribution is 2.26. The zero-order valence-corrected chi connectivity index (χ0v) is 12.7. The van der Waals surface area contributed by atoms with Crippen LogP contribution < -0.4 is 11.1 Å². The number of carbonyl (C=O) groups excluding carboxylic acids is 2. The number of methoxy groups -OCH3 is 2. The Kier molecular flexibility index (Phi) is 6.45. The maximum atomic E-state index is 10.0. The van der Waals surface area contributed by atoms with Gasteiger partial charge in [-0.2, -0.15) is 0 Å². The molecule has 0 saturated carbocycles. The Morgan fingerprint density at radius 1 is 1.00 bits per heavy atom. The van der Waals surface area contributed by atoms with Crippen LogP contribution in [0.3, 0.4) is 0 Å². The molecule has 0 aliphatic carbocycles. The van der Waals surface area contributed by atoms with E-state index in [1.54, 1.807) is 0 Å². The molecule has 6 heteroatoms. The molecule has 1 saturated heterocycles. The standard InChI is InChI=1S/C9H20N2.C4H6O4/c1-8(2)5-7(10)6-9(3,4)11-8;1-7-3(5)4(6)8-2/h7,11H,5-6,10H2,1-4H3;1-2H3. The molecule has 112 valence electrons. The van der Waals surface area contributed by atoms with Crippen molar-refractivity contribution in [1.29, 1.82) is 0 Å². The van der Waals surface area contributed by atoms with Gasteiger partial charge in [0.2, 0.25) is 0 Å². The number of nitrogens with two attached hydrogens (primary N) is 1. The molecule has 0 spiro atoms. The monoisotopic (exact) mass is 274 g/mol. The van der Waals surface area contributed by atoms with Gasteiger partial charge < -0.3 is 20.5 Å². The fraction of sp³-hybridized carbons (Fsp3) is 0.846. The van der Waals surface area contributed by atoms with E-state index < -0.39 is 11.9 Å². The molecule has 0 radical (unpaired) electrons. The second kappa shape index (κ2) is 6.86. The van der Waals surface area contributed by atoms with Gasteiger partial charge >= 0.3 is 11.9 Å². The average molecular weight is 274 g/mol. The van der Waals surface area contributed by atoms with E-state index in [0.29, 0.717) is 6.04 Å². The second-order valence-corrected chi connectivity index (χ2v) is 6.04. The Morgan fingerprint density at radius 3 is 1.53 bits per heavy atom. The minimum atomic E-state index is -0.979. The van der Waals surface area contributed by atoms with Crippen LogP contribution in [-0.4, -0.2) is 43.3 Å². The predicted molar refractivity (Wildman–Crippen MR) is 72.5 cm³/mol. The Hall–Kier alpha value is -1.14. The van der Waals surface area contributed by atoms with Crippen molar-refractivity contribution in [2.75, 3.05) is 14.2 Å². The van der Waals surface area contributed by atoms with Crippen LogP contribution in [0.1, 0.15) is 40.5 Å². The Bertz CT molecular complexity index is 297. The first kappa shape index (κ1) is 17.9. The van der Waals surface area contributed by atoms with E-state index in [1.165, 1.54) is 0 Å². The molecule has 0 aromatic rings. The summed E-state index contributed by atoms with van der Waals surface area (Å²) < 4.78 is 7.98. The highest BCUT2D eigenvalue weighted by Gasteiger charge is 2.35. The first-order valence-corrected chi connectivity index (χ1v) is 6.24. The molecule has 0 atom stereocenters. The first-order chi connectivity index (χ1) is 8.53. The number of ether oxygens (including phenoxy) is 2. The summed E-state index contributed by atoms with van der Waals surface area (Å²) in [7, 11) is 2.22. The molecule has 0 bridgehead atoms. The largest absolute Gasteiger partial charge is 0.461 e. The topological polar surface area (TPSA) is 90.6 Å². The van der Waals surface area contributed by atoms with E-state index in [0.717, 1.165) is 27.1 Å². The zero-order valence-electron chi connectivity index (χ0n) is 12.7. The first-order valence-electron chi connectivity index (χ1n) is 6.24. The molecule has 0 unspecified atom stereocenters. The lowest BCUT2D eigenvalue weighted by Crippen LogP contribution is -2.60. The molecular formula is C13H26N2O4. The minimum Gasteiger partial charge on any atom is -0.461 e. The summed E-state index contributed by atoms with van der Waals surface area (Å²) in [6.45, 7) is 8.86. The van der Waals surface area contributed by atoms with Gasteiger partial charge in [-0.05, 0) is 40.5 Å². The third-order valence-corrected chi connectivity index (χ3v) is 2.76. The van der Waals surface area contributed by atoms with E-state index >= 15 is 0 Å². The van der Waals surface area contributed by atoms with E-state index in [1.807, 2.05) is 0 Å². The Labute approximate surface area is 115 Å². The molecule has 1 aliphatic heterocycles. The zero-order chi connectivity index (χ0) is 15.3. The van der Waals surface area contributed by atoms with Crippen LogP contribution >= 0.6 is 0 Å². The molecule has 0 amide bonds. The summed E-state index contributed by atoms with van der Waals surface area (Å²) in [6.07, 6.45) is 2.16. The van der Waals surface area contributed by atoms with Gasteiger partial charge in [-0.15, -0.1) is 0 Å². The number of hydrogen-bond donors (Lipinski definition) is 2. The summed E-state index contributed by atoms with van der Waals surface area (Å²) >= 11 is 0. The minimum absolute atomic E-state index is 0.209. The van der Waals surface area contributed by atoms with Crippen LogP contribution in [0.15, 0.2) is 0 Å². The van der Waals surface area contributed by atoms with Crippen LogP contribution in [0, 0.1) is 0 Å². The van der Waals surface area contributed by atoms with E-state index in [4.69, 9.17) is 5.73 Å². The van der Waals surface area contributed by atoms with Gasteiger partial charge in [0, 0.05) is 17.1 Å². The lowest BCUT2D eigenvalue weighted by molar-refractivity contribution is -0.164. The summed E-state index contributed by atoms with van der Waals surface area (Å²) in [5.74, 6) is -1.96. The number of rotatable bonds is 0. The highest BCUT2D eigenvalue weighted by atomic mass is 16.6. The van der Waals surface area contributed by atoms with E-state index in [2.05, 4.69) is 42.5 Å². The van der Waals surface area contributed by atoms with Crippen molar-refractivity contribution >= 4 is 11.9 Å². The lowest BCUT2D eigenvalue weighted by atomic mass is 9.80. The smallest absolute Gasteiger partial charge is 0.417 e. The highest BCUT2D eigenvalue weighted by molar-refractivity contribution is 6.29. The van der Waals surface area contributed by atoms with Crippen molar-refractivity contribution in [2.45, 2.75) is 57.7 Å². The number of nitrogens with one attached hydrogen (secondary N) is 1. The van der Waals surface area contributed by atoms with Gasteiger partial charge in [-0.3, -0.25) is 0 Å². The number of hydrogen-bond acceptors (Lipinski definition) is 6. The number of esters is 2. The fourth-order valence-corrected chi connectivity index (χ4v) is 2.57. The SMILES string of the molecule is CC1(C)CC(N)CC(C)(C)N1.COC(=O)C(=O)OC. The number of carbonyl (C=O) groups is 2. The maximum Gasteiger partial charge on any atom is 0.417 e. The van der Waals surface area contributed by atoms with Crippen LogP contribution in [0.4, 0.5) is 0 Å². The molecular weight excluding hydrogens is 248 g/mol. The number of piperidine rings is 1. The van der Waals surface area contributed by atoms with E-state index in [9.17, 15) is 9.59 Å². The van der Waals surface area contributed by atoms with Gasteiger partial charge in [0.1, 0.15) is 0 Å². The lowest BCUT2D eigenvalue weighted by Gasteiger charge is -2.45. The van der Waals surface area contributed by atoms with Crippen LogP contribution in [0.5, 0.6) is 0 Å². The van der Waals surface area contributed by atoms with Crippen LogP contribution in [0.2, 0.25) is 0 Å². The molecule has 1 rings (SSSR count). The molecule has 1 aliphatic rings. The third-order valence-electron chi connectivity index (χ3n) is 2.76. The summed E-state index contributed by atoms with van der Waals surface area (Å²) in [5, 5.41) is 3.58.